The summed E-state index contributed by atoms with van der Waals surface area (Å²) in [5, 5.41) is 8.83. The number of carboxylic acids is 1. The van der Waals surface area contributed by atoms with Gasteiger partial charge in [-0.2, -0.15) is 4.72 Å². The van der Waals surface area contributed by atoms with Crippen molar-refractivity contribution >= 4 is 27.6 Å². The lowest BCUT2D eigenvalue weighted by Crippen LogP contribution is -2.29. The molecule has 0 amide bonds. The van der Waals surface area contributed by atoms with E-state index in [9.17, 15) is 13.2 Å². The first-order chi connectivity index (χ1) is 7.33. The average Bonchev–Trinajstić information content (AvgIpc) is 2.19. The van der Waals surface area contributed by atoms with Gasteiger partial charge in [0.2, 0.25) is 10.0 Å². The van der Waals surface area contributed by atoms with Crippen LogP contribution >= 0.6 is 11.6 Å². The Labute approximate surface area is 98.1 Å². The molecule has 0 radical (unpaired) electrons. The second-order valence-corrected chi connectivity index (χ2v) is 5.30. The molecular formula is C9H10ClNO4S. The number of halogens is 1. The van der Waals surface area contributed by atoms with Crippen LogP contribution in [0.4, 0.5) is 0 Å². The molecular weight excluding hydrogens is 254 g/mol. The Morgan fingerprint density at radius 1 is 1.50 bits per heavy atom. The molecule has 0 aliphatic rings. The van der Waals surface area contributed by atoms with Crippen molar-refractivity contribution in [2.75, 3.05) is 6.54 Å². The second kappa shape index (κ2) is 4.82. The van der Waals surface area contributed by atoms with Gasteiger partial charge in [0.05, 0.1) is 4.90 Å². The van der Waals surface area contributed by atoms with Gasteiger partial charge in [0, 0.05) is 5.02 Å². The molecule has 88 valence electrons. The number of aliphatic carboxylic acids is 1. The summed E-state index contributed by atoms with van der Waals surface area (Å²) in [6.07, 6.45) is 0. The lowest BCUT2D eigenvalue weighted by atomic mass is 10.2. The van der Waals surface area contributed by atoms with Crippen LogP contribution in [-0.2, 0) is 14.8 Å². The fraction of sp³-hybridized carbons (Fsp3) is 0.222. The van der Waals surface area contributed by atoms with Crippen LogP contribution < -0.4 is 4.72 Å². The number of hydrogen-bond donors (Lipinski definition) is 2. The van der Waals surface area contributed by atoms with E-state index >= 15 is 0 Å². The van der Waals surface area contributed by atoms with E-state index in [4.69, 9.17) is 16.7 Å². The molecule has 7 heteroatoms. The van der Waals surface area contributed by atoms with E-state index in [0.29, 0.717) is 10.6 Å². The first-order valence-electron chi connectivity index (χ1n) is 4.30. The summed E-state index contributed by atoms with van der Waals surface area (Å²) in [7, 11) is -3.78. The standard InChI is InChI=1S/C9H10ClNO4S/c1-6-4-7(2-3-8(6)10)16(14,15)11-5-9(12)13/h2-4,11H,5H2,1H3,(H,12,13). The Balaban J connectivity index is 2.99. The van der Waals surface area contributed by atoms with Crippen molar-refractivity contribution in [3.05, 3.63) is 28.8 Å². The summed E-state index contributed by atoms with van der Waals surface area (Å²) in [5.74, 6) is -1.24. The molecule has 16 heavy (non-hydrogen) atoms. The molecule has 0 unspecified atom stereocenters. The van der Waals surface area contributed by atoms with E-state index in [-0.39, 0.29) is 4.90 Å². The monoisotopic (exact) mass is 263 g/mol. The fourth-order valence-electron chi connectivity index (χ4n) is 1.02. The van der Waals surface area contributed by atoms with Crippen LogP contribution in [0.1, 0.15) is 5.56 Å². The Morgan fingerprint density at radius 2 is 2.12 bits per heavy atom. The number of benzene rings is 1. The smallest absolute Gasteiger partial charge is 0.318 e. The van der Waals surface area contributed by atoms with Gasteiger partial charge in [0.25, 0.3) is 0 Å². The number of aryl methyl sites for hydroxylation is 1. The number of hydrogen-bond acceptors (Lipinski definition) is 3. The molecule has 0 aliphatic carbocycles. The Hall–Kier alpha value is -1.11. The Morgan fingerprint density at radius 3 is 2.62 bits per heavy atom. The van der Waals surface area contributed by atoms with Crippen LogP contribution in [0.15, 0.2) is 23.1 Å². The summed E-state index contributed by atoms with van der Waals surface area (Å²) >= 11 is 5.75. The first-order valence-corrected chi connectivity index (χ1v) is 6.16. The summed E-state index contributed by atoms with van der Waals surface area (Å²) in [5.41, 5.74) is 0.611. The highest BCUT2D eigenvalue weighted by molar-refractivity contribution is 7.89. The van der Waals surface area contributed by atoms with Gasteiger partial charge in [-0.1, -0.05) is 11.6 Å². The normalized spacial score (nSPS) is 11.4. The van der Waals surface area contributed by atoms with Crippen molar-refractivity contribution in [1.82, 2.24) is 4.72 Å². The van der Waals surface area contributed by atoms with E-state index in [1.165, 1.54) is 18.2 Å². The molecule has 0 fully saturated rings. The molecule has 0 spiro atoms. The van der Waals surface area contributed by atoms with Gasteiger partial charge < -0.3 is 5.11 Å². The summed E-state index contributed by atoms with van der Waals surface area (Å²) in [6.45, 7) is 1.02. The highest BCUT2D eigenvalue weighted by atomic mass is 35.5. The third-order valence-electron chi connectivity index (χ3n) is 1.85. The number of rotatable bonds is 4. The molecule has 1 rings (SSSR count). The highest BCUT2D eigenvalue weighted by Crippen LogP contribution is 2.19. The van der Waals surface area contributed by atoms with Crippen molar-refractivity contribution < 1.29 is 18.3 Å². The number of carboxylic acid groups (broad SMARTS) is 1. The third-order valence-corrected chi connectivity index (χ3v) is 3.68. The molecule has 1 aromatic carbocycles. The minimum atomic E-state index is -3.78. The largest absolute Gasteiger partial charge is 0.480 e. The van der Waals surface area contributed by atoms with Crippen molar-refractivity contribution in [2.24, 2.45) is 0 Å². The predicted molar refractivity (Wildman–Crippen MR) is 59.0 cm³/mol. The summed E-state index contributed by atoms with van der Waals surface area (Å²) < 4.78 is 25.1. The average molecular weight is 264 g/mol. The molecule has 2 N–H and O–H groups in total. The maximum atomic E-state index is 11.6. The van der Waals surface area contributed by atoms with Crippen molar-refractivity contribution in [3.8, 4) is 0 Å². The van der Waals surface area contributed by atoms with Gasteiger partial charge in [-0.15, -0.1) is 0 Å². The lowest BCUT2D eigenvalue weighted by Gasteiger charge is -2.06. The van der Waals surface area contributed by atoms with Gasteiger partial charge in [-0.25, -0.2) is 8.42 Å². The predicted octanol–water partition coefficient (Wildman–Crippen LogP) is 1.01. The zero-order valence-electron chi connectivity index (χ0n) is 8.40. The van der Waals surface area contributed by atoms with Crippen LogP contribution in [0.2, 0.25) is 5.02 Å². The summed E-state index contributed by atoms with van der Waals surface area (Å²) in [6, 6.07) is 4.15. The van der Waals surface area contributed by atoms with E-state index in [1.807, 2.05) is 4.72 Å². The van der Waals surface area contributed by atoms with Crippen molar-refractivity contribution in [2.45, 2.75) is 11.8 Å². The molecule has 5 nitrogen and oxygen atoms in total. The zero-order valence-corrected chi connectivity index (χ0v) is 9.97. The van der Waals surface area contributed by atoms with Crippen LogP contribution in [0.3, 0.4) is 0 Å². The van der Waals surface area contributed by atoms with Crippen LogP contribution in [0.25, 0.3) is 0 Å². The highest BCUT2D eigenvalue weighted by Gasteiger charge is 2.15. The van der Waals surface area contributed by atoms with Gasteiger partial charge in [-0.3, -0.25) is 4.79 Å². The van der Waals surface area contributed by atoms with Crippen LogP contribution in [0, 0.1) is 6.92 Å². The zero-order chi connectivity index (χ0) is 12.3. The molecule has 0 saturated carbocycles. The van der Waals surface area contributed by atoms with E-state index in [0.717, 1.165) is 0 Å². The SMILES string of the molecule is Cc1cc(S(=O)(=O)NCC(=O)O)ccc1Cl. The minimum Gasteiger partial charge on any atom is -0.480 e. The Bertz CT molecular complexity index is 512. The van der Waals surface area contributed by atoms with Gasteiger partial charge in [0.1, 0.15) is 6.54 Å². The fourth-order valence-corrected chi connectivity index (χ4v) is 2.20. The Kier molecular flexibility index (Phi) is 3.90. The second-order valence-electron chi connectivity index (χ2n) is 3.13. The van der Waals surface area contributed by atoms with Crippen LogP contribution in [-0.4, -0.2) is 26.0 Å². The summed E-state index contributed by atoms with van der Waals surface area (Å²) in [4.78, 5) is 10.2. The van der Waals surface area contributed by atoms with Crippen molar-refractivity contribution in [3.63, 3.8) is 0 Å². The maximum Gasteiger partial charge on any atom is 0.318 e. The number of nitrogens with one attached hydrogen (secondary N) is 1. The van der Waals surface area contributed by atoms with Gasteiger partial charge in [0.15, 0.2) is 0 Å². The molecule has 0 aromatic heterocycles. The van der Waals surface area contributed by atoms with Gasteiger partial charge >= 0.3 is 5.97 Å². The van der Waals surface area contributed by atoms with Crippen LogP contribution in [0.5, 0.6) is 0 Å². The molecule has 0 heterocycles. The number of carbonyl (C=O) groups is 1. The minimum absolute atomic E-state index is 0.00403. The van der Waals surface area contributed by atoms with Gasteiger partial charge in [-0.05, 0) is 30.7 Å². The third kappa shape index (κ3) is 3.19. The number of sulfonamides is 1. The molecule has 0 atom stereocenters. The molecule has 0 bridgehead atoms. The van der Waals surface area contributed by atoms with Crippen molar-refractivity contribution in [1.29, 1.82) is 0 Å². The molecule has 0 saturated heterocycles. The topological polar surface area (TPSA) is 83.5 Å². The first kappa shape index (κ1) is 13.0. The van der Waals surface area contributed by atoms with E-state index in [1.54, 1.807) is 6.92 Å². The van der Waals surface area contributed by atoms with E-state index < -0.39 is 22.5 Å². The quantitative estimate of drug-likeness (QED) is 0.849. The lowest BCUT2D eigenvalue weighted by molar-refractivity contribution is -0.135. The maximum absolute atomic E-state index is 11.6. The molecule has 0 aliphatic heterocycles. The van der Waals surface area contributed by atoms with E-state index in [2.05, 4.69) is 0 Å². The molecule has 1 aromatic rings.